The van der Waals surface area contributed by atoms with Crippen molar-refractivity contribution in [2.45, 2.75) is 17.3 Å². The van der Waals surface area contributed by atoms with Gasteiger partial charge in [0.25, 0.3) is 0 Å². The number of carbonyl (C=O) groups excluding carboxylic acids is 2. The van der Waals surface area contributed by atoms with Gasteiger partial charge in [-0.05, 0) is 13.0 Å². The van der Waals surface area contributed by atoms with E-state index >= 15 is 0 Å². The third-order valence-electron chi connectivity index (χ3n) is 3.15. The SMILES string of the molecule is C[C@@H](Sc1nnc2c(Cl)cc(Cl)cn12)C(=O)N1CCNC1=O. The molecule has 0 spiro atoms. The second-order valence-electron chi connectivity index (χ2n) is 4.66. The van der Waals surface area contributed by atoms with Gasteiger partial charge in [-0.3, -0.25) is 14.1 Å². The van der Waals surface area contributed by atoms with Crippen LogP contribution in [0.2, 0.25) is 10.0 Å². The van der Waals surface area contributed by atoms with Crippen LogP contribution in [0.4, 0.5) is 4.79 Å². The van der Waals surface area contributed by atoms with Crippen LogP contribution < -0.4 is 5.32 Å². The Morgan fingerprint density at radius 3 is 2.91 bits per heavy atom. The van der Waals surface area contributed by atoms with E-state index in [1.165, 1.54) is 16.7 Å². The average molecular weight is 360 g/mol. The molecule has 1 fully saturated rings. The lowest BCUT2D eigenvalue weighted by atomic mass is 10.4. The van der Waals surface area contributed by atoms with Gasteiger partial charge < -0.3 is 5.32 Å². The fourth-order valence-corrected chi connectivity index (χ4v) is 3.49. The Morgan fingerprint density at radius 2 is 2.23 bits per heavy atom. The first-order valence-corrected chi connectivity index (χ1v) is 8.06. The maximum atomic E-state index is 12.3. The minimum absolute atomic E-state index is 0.273. The lowest BCUT2D eigenvalue weighted by Crippen LogP contribution is -2.39. The Labute approximate surface area is 140 Å². The molecule has 2 aromatic rings. The predicted molar refractivity (Wildman–Crippen MR) is 83.4 cm³/mol. The largest absolute Gasteiger partial charge is 0.336 e. The molecule has 0 radical (unpaired) electrons. The Bertz CT molecular complexity index is 765. The Kier molecular flexibility index (Phi) is 4.16. The molecular formula is C12H11Cl2N5O2S. The molecular weight excluding hydrogens is 349 g/mol. The smallest absolute Gasteiger partial charge is 0.324 e. The summed E-state index contributed by atoms with van der Waals surface area (Å²) in [6, 6.07) is 1.21. The zero-order valence-corrected chi connectivity index (χ0v) is 13.7. The van der Waals surface area contributed by atoms with Crippen LogP contribution in [-0.4, -0.2) is 49.8 Å². The Morgan fingerprint density at radius 1 is 1.45 bits per heavy atom. The summed E-state index contributed by atoms with van der Waals surface area (Å²) < 4.78 is 1.63. The Hall–Kier alpha value is -1.51. The van der Waals surface area contributed by atoms with E-state index in [0.29, 0.717) is 33.9 Å². The van der Waals surface area contributed by atoms with Gasteiger partial charge in [-0.15, -0.1) is 10.2 Å². The van der Waals surface area contributed by atoms with Gasteiger partial charge in [0.05, 0.1) is 15.3 Å². The molecule has 0 unspecified atom stereocenters. The molecule has 7 nitrogen and oxygen atoms in total. The third-order valence-corrected chi connectivity index (χ3v) is 4.68. The summed E-state index contributed by atoms with van der Waals surface area (Å²) in [6.07, 6.45) is 1.63. The number of imide groups is 1. The highest BCUT2D eigenvalue weighted by molar-refractivity contribution is 8.00. The lowest BCUT2D eigenvalue weighted by Gasteiger charge is -2.16. The summed E-state index contributed by atoms with van der Waals surface area (Å²) in [5, 5.41) is 11.4. The van der Waals surface area contributed by atoms with Gasteiger partial charge in [-0.1, -0.05) is 35.0 Å². The van der Waals surface area contributed by atoms with Crippen molar-refractivity contribution in [1.29, 1.82) is 0 Å². The maximum Gasteiger partial charge on any atom is 0.324 e. The van der Waals surface area contributed by atoms with Crippen molar-refractivity contribution in [2.75, 3.05) is 13.1 Å². The molecule has 1 saturated heterocycles. The molecule has 10 heteroatoms. The minimum Gasteiger partial charge on any atom is -0.336 e. The molecule has 0 aliphatic carbocycles. The highest BCUT2D eigenvalue weighted by Crippen LogP contribution is 2.28. The van der Waals surface area contributed by atoms with Crippen molar-refractivity contribution in [2.24, 2.45) is 0 Å². The summed E-state index contributed by atoms with van der Waals surface area (Å²) in [7, 11) is 0. The van der Waals surface area contributed by atoms with Crippen molar-refractivity contribution in [3.63, 3.8) is 0 Å². The molecule has 3 heterocycles. The number of hydrogen-bond donors (Lipinski definition) is 1. The van der Waals surface area contributed by atoms with Crippen LogP contribution in [0.5, 0.6) is 0 Å². The van der Waals surface area contributed by atoms with Crippen molar-refractivity contribution in [3.8, 4) is 0 Å². The van der Waals surface area contributed by atoms with Crippen LogP contribution in [0.25, 0.3) is 5.65 Å². The van der Waals surface area contributed by atoms with Gasteiger partial charge in [0.1, 0.15) is 0 Å². The quantitative estimate of drug-likeness (QED) is 0.848. The van der Waals surface area contributed by atoms with Gasteiger partial charge in [-0.25, -0.2) is 4.79 Å². The van der Waals surface area contributed by atoms with E-state index < -0.39 is 5.25 Å². The number of thioether (sulfide) groups is 1. The number of rotatable bonds is 3. The summed E-state index contributed by atoms with van der Waals surface area (Å²) in [6.45, 7) is 2.56. The summed E-state index contributed by atoms with van der Waals surface area (Å²) in [4.78, 5) is 25.0. The van der Waals surface area contributed by atoms with Crippen molar-refractivity contribution in [3.05, 3.63) is 22.3 Å². The number of nitrogens with one attached hydrogen (secondary N) is 1. The van der Waals surface area contributed by atoms with E-state index in [1.54, 1.807) is 23.6 Å². The first-order chi connectivity index (χ1) is 10.5. The number of halogens is 2. The topological polar surface area (TPSA) is 79.6 Å². The molecule has 0 aromatic carbocycles. The van der Waals surface area contributed by atoms with Crippen LogP contribution in [0.15, 0.2) is 17.4 Å². The van der Waals surface area contributed by atoms with Crippen LogP contribution >= 0.6 is 35.0 Å². The van der Waals surface area contributed by atoms with Crippen LogP contribution in [0.1, 0.15) is 6.92 Å². The van der Waals surface area contributed by atoms with E-state index in [2.05, 4.69) is 15.5 Å². The fourth-order valence-electron chi connectivity index (χ4n) is 2.09. The monoisotopic (exact) mass is 359 g/mol. The maximum absolute atomic E-state index is 12.3. The molecule has 1 aliphatic rings. The van der Waals surface area contributed by atoms with Gasteiger partial charge in [0.15, 0.2) is 10.8 Å². The second-order valence-corrected chi connectivity index (χ2v) is 6.82. The zero-order valence-electron chi connectivity index (χ0n) is 11.4. The summed E-state index contributed by atoms with van der Waals surface area (Å²) in [5.74, 6) is -0.273. The normalized spacial score (nSPS) is 16.1. The molecule has 1 atom stereocenters. The van der Waals surface area contributed by atoms with E-state index in [9.17, 15) is 9.59 Å². The van der Waals surface area contributed by atoms with Gasteiger partial charge >= 0.3 is 6.03 Å². The first kappa shape index (κ1) is 15.4. The molecule has 2 aromatic heterocycles. The number of carbonyl (C=O) groups is 2. The van der Waals surface area contributed by atoms with E-state index in [4.69, 9.17) is 23.2 Å². The summed E-state index contributed by atoms with van der Waals surface area (Å²) >= 11 is 13.2. The van der Waals surface area contributed by atoms with E-state index in [1.807, 2.05) is 0 Å². The molecule has 22 heavy (non-hydrogen) atoms. The molecule has 1 aliphatic heterocycles. The molecule has 0 saturated carbocycles. The van der Waals surface area contributed by atoms with Crippen LogP contribution in [-0.2, 0) is 4.79 Å². The highest BCUT2D eigenvalue weighted by Gasteiger charge is 2.31. The first-order valence-electron chi connectivity index (χ1n) is 6.43. The van der Waals surface area contributed by atoms with Crippen LogP contribution in [0, 0.1) is 0 Å². The zero-order chi connectivity index (χ0) is 15.9. The van der Waals surface area contributed by atoms with Gasteiger partial charge in [-0.2, -0.15) is 0 Å². The van der Waals surface area contributed by atoms with Crippen molar-refractivity contribution >= 4 is 52.5 Å². The Balaban J connectivity index is 1.84. The highest BCUT2D eigenvalue weighted by atomic mass is 35.5. The number of urea groups is 1. The molecule has 3 amide bonds. The number of amides is 3. The van der Waals surface area contributed by atoms with Gasteiger partial charge in [0, 0.05) is 19.3 Å². The summed E-state index contributed by atoms with van der Waals surface area (Å²) in [5.41, 5.74) is 0.465. The van der Waals surface area contributed by atoms with Gasteiger partial charge in [0.2, 0.25) is 5.91 Å². The number of hydrogen-bond acceptors (Lipinski definition) is 5. The van der Waals surface area contributed by atoms with Crippen molar-refractivity contribution < 1.29 is 9.59 Å². The second kappa shape index (κ2) is 5.94. The van der Waals surface area contributed by atoms with E-state index in [-0.39, 0.29) is 11.9 Å². The predicted octanol–water partition coefficient (Wildman–Crippen LogP) is 2.07. The fraction of sp³-hybridized carbons (Fsp3) is 0.333. The van der Waals surface area contributed by atoms with E-state index in [0.717, 1.165) is 0 Å². The molecule has 0 bridgehead atoms. The third kappa shape index (κ3) is 2.73. The molecule has 1 N–H and O–H groups in total. The molecule has 3 rings (SSSR count). The minimum atomic E-state index is -0.492. The van der Waals surface area contributed by atoms with Crippen molar-refractivity contribution in [1.82, 2.24) is 24.8 Å². The molecule has 116 valence electrons. The lowest BCUT2D eigenvalue weighted by molar-refractivity contribution is -0.126. The average Bonchev–Trinajstić information content (AvgIpc) is 3.05. The number of pyridine rings is 1. The number of aromatic nitrogens is 3. The standard InChI is InChI=1S/C12H11Cl2N5O2S/c1-6(10(20)18-3-2-15-11(18)21)22-12-17-16-9-8(14)4-7(13)5-19(9)12/h4-6H,2-3H2,1H3,(H,15,21)/t6-/m1/s1. The number of nitrogens with zero attached hydrogens (tertiary/aromatic N) is 4. The van der Waals surface area contributed by atoms with Crippen LogP contribution in [0.3, 0.4) is 0 Å². The number of fused-ring (bicyclic) bond motifs is 1.